The molecule has 0 bridgehead atoms. The number of imidazole rings is 2. The van der Waals surface area contributed by atoms with Crippen LogP contribution in [0.25, 0.3) is 10.8 Å². The summed E-state index contributed by atoms with van der Waals surface area (Å²) in [4.78, 5) is 117. The highest BCUT2D eigenvalue weighted by Gasteiger charge is 2.22. The van der Waals surface area contributed by atoms with Gasteiger partial charge < -0.3 is 65.7 Å². The Kier molecular flexibility index (Phi) is 16.9. The maximum Gasteiger partial charge on any atom is 0.292 e. The Morgan fingerprint density at radius 2 is 1.13 bits per heavy atom. The summed E-state index contributed by atoms with van der Waals surface area (Å²) in [5.41, 5.74) is 1.02. The summed E-state index contributed by atoms with van der Waals surface area (Å²) in [5, 5.41) is 23.1. The van der Waals surface area contributed by atoms with Gasteiger partial charge in [0.25, 0.3) is 29.5 Å². The standard InChI is InChI=1S/C46H56N16O8/c1-58(2)23-9-18-47-36(63)15-20-50-43(67)32-24-29(25-59(32)3)52-45(69)40-55-33(26-60(40)4)53-37(64)16-21-49-42(66)31-12-13-35(62(31)6)57-46(70)41-56-34(27-61(41)5)54-38(65)17-22-51-44(68)39-30-11-8-7-10-28(30)14-19-48-39/h7-8,10-14,19,24-27H,9,15-18,20-23H2,1-6H3,(H,47,63)(H,49,66)(H,50,67)(H,51,68)(H,52,69)(H,53,64)(H,54,65)(H,57,70). The van der Waals surface area contributed by atoms with Crippen LogP contribution in [0.4, 0.5) is 23.1 Å². The van der Waals surface area contributed by atoms with Crippen molar-refractivity contribution in [3.8, 4) is 0 Å². The average Bonchev–Trinajstić information content (AvgIpc) is 4.08. The molecule has 5 heterocycles. The molecule has 0 fully saturated rings. The number of nitrogens with zero attached hydrogens (tertiary/aromatic N) is 8. The fourth-order valence-corrected chi connectivity index (χ4v) is 7.11. The van der Waals surface area contributed by atoms with E-state index in [-0.39, 0.29) is 91.0 Å². The van der Waals surface area contributed by atoms with E-state index in [0.717, 1.165) is 18.4 Å². The third-order valence-corrected chi connectivity index (χ3v) is 10.7. The van der Waals surface area contributed by atoms with Crippen molar-refractivity contribution in [2.75, 3.05) is 68.1 Å². The van der Waals surface area contributed by atoms with E-state index in [4.69, 9.17) is 0 Å². The zero-order chi connectivity index (χ0) is 50.5. The quantitative estimate of drug-likeness (QED) is 0.0451. The van der Waals surface area contributed by atoms with E-state index in [1.54, 1.807) is 52.7 Å². The molecule has 8 N–H and O–H groups in total. The number of carbonyl (C=O) groups is 8. The van der Waals surface area contributed by atoms with Crippen molar-refractivity contribution in [2.45, 2.75) is 25.7 Å². The summed E-state index contributed by atoms with van der Waals surface area (Å²) in [6.45, 7) is 1.51. The van der Waals surface area contributed by atoms with E-state index in [1.165, 1.54) is 48.9 Å². The van der Waals surface area contributed by atoms with Crippen molar-refractivity contribution < 1.29 is 38.4 Å². The number of aromatic nitrogens is 7. The van der Waals surface area contributed by atoms with Crippen molar-refractivity contribution in [3.05, 3.63) is 102 Å². The second-order valence-electron chi connectivity index (χ2n) is 16.4. The predicted octanol–water partition coefficient (Wildman–Crippen LogP) is 1.59. The van der Waals surface area contributed by atoms with Crippen molar-refractivity contribution in [2.24, 2.45) is 28.2 Å². The first-order valence-electron chi connectivity index (χ1n) is 22.2. The minimum atomic E-state index is -0.617. The molecule has 70 heavy (non-hydrogen) atoms. The highest BCUT2D eigenvalue weighted by Crippen LogP contribution is 2.19. The summed E-state index contributed by atoms with van der Waals surface area (Å²) in [6.07, 6.45) is 6.75. The van der Waals surface area contributed by atoms with E-state index in [1.807, 2.05) is 37.2 Å². The molecule has 0 saturated heterocycles. The Labute approximate surface area is 402 Å². The number of pyridine rings is 1. The molecule has 0 saturated carbocycles. The van der Waals surface area contributed by atoms with Gasteiger partial charge in [0.05, 0.1) is 5.69 Å². The Bertz CT molecular complexity index is 2920. The lowest BCUT2D eigenvalue weighted by Gasteiger charge is -2.10. The summed E-state index contributed by atoms with van der Waals surface area (Å²) in [7, 11) is 10.3. The van der Waals surface area contributed by atoms with Crippen LogP contribution < -0.4 is 42.5 Å². The van der Waals surface area contributed by atoms with Crippen LogP contribution >= 0.6 is 0 Å². The van der Waals surface area contributed by atoms with Gasteiger partial charge in [-0.25, -0.2) is 9.97 Å². The van der Waals surface area contributed by atoms with Crippen LogP contribution in [-0.4, -0.2) is 132 Å². The number of aryl methyl sites for hydroxylation is 3. The molecule has 368 valence electrons. The Morgan fingerprint density at radius 3 is 1.76 bits per heavy atom. The number of nitrogens with one attached hydrogen (secondary N) is 8. The molecule has 6 aromatic rings. The van der Waals surface area contributed by atoms with Crippen LogP contribution in [0.1, 0.15) is 78.4 Å². The molecule has 0 radical (unpaired) electrons. The second kappa shape index (κ2) is 23.4. The molecule has 5 aromatic heterocycles. The molecule has 1 aromatic carbocycles. The first-order valence-corrected chi connectivity index (χ1v) is 22.2. The summed E-state index contributed by atoms with van der Waals surface area (Å²) >= 11 is 0. The lowest BCUT2D eigenvalue weighted by molar-refractivity contribution is -0.121. The van der Waals surface area contributed by atoms with Crippen molar-refractivity contribution in [1.29, 1.82) is 0 Å². The number of benzene rings is 1. The SMILES string of the molecule is CN(C)CCCNC(=O)CCNC(=O)c1cc(NC(=O)c2nc(NC(=O)CCNC(=O)c3ccc(NC(=O)c4nc(NC(=O)CCNC(=O)c5nccc6ccccc56)cn4C)n3C)cn2C)cn1C. The monoisotopic (exact) mass is 960 g/mol. The number of anilines is 4. The lowest BCUT2D eigenvalue weighted by Crippen LogP contribution is -2.32. The maximum atomic E-state index is 13.2. The second-order valence-corrected chi connectivity index (χ2v) is 16.4. The number of hydrogen-bond donors (Lipinski definition) is 8. The van der Waals surface area contributed by atoms with E-state index in [0.29, 0.717) is 17.6 Å². The van der Waals surface area contributed by atoms with Crippen molar-refractivity contribution in [1.82, 2.24) is 59.4 Å². The first-order chi connectivity index (χ1) is 33.5. The van der Waals surface area contributed by atoms with Crippen molar-refractivity contribution >= 4 is 81.2 Å². The fraction of sp³-hybridized carbons (Fsp3) is 0.326. The fourth-order valence-electron chi connectivity index (χ4n) is 7.11. The third-order valence-electron chi connectivity index (χ3n) is 10.7. The van der Waals surface area contributed by atoms with Gasteiger partial charge in [-0.2, -0.15) is 0 Å². The van der Waals surface area contributed by atoms with Gasteiger partial charge >= 0.3 is 0 Å². The van der Waals surface area contributed by atoms with Gasteiger partial charge in [0.1, 0.15) is 22.9 Å². The number of fused-ring (bicyclic) bond motifs is 1. The third kappa shape index (κ3) is 13.5. The first kappa shape index (κ1) is 50.7. The smallest absolute Gasteiger partial charge is 0.292 e. The lowest BCUT2D eigenvalue weighted by atomic mass is 10.1. The van der Waals surface area contributed by atoms with Crippen LogP contribution in [0.15, 0.2) is 73.3 Å². The molecule has 6 rings (SSSR count). The van der Waals surface area contributed by atoms with E-state index < -0.39 is 41.4 Å². The highest BCUT2D eigenvalue weighted by atomic mass is 16.2. The topological polar surface area (TPSA) is 294 Å². The number of amides is 8. The Hall–Kier alpha value is -8.67. The molecule has 0 aliphatic carbocycles. The molecular weight excluding hydrogens is 905 g/mol. The minimum absolute atomic E-state index is 0.0256. The van der Waals surface area contributed by atoms with E-state index in [9.17, 15) is 38.4 Å². The van der Waals surface area contributed by atoms with Gasteiger partial charge in [-0.15, -0.1) is 0 Å². The molecule has 0 aliphatic heterocycles. The molecule has 24 heteroatoms. The molecule has 0 aliphatic rings. The Balaban J connectivity index is 0.905. The van der Waals surface area contributed by atoms with Gasteiger partial charge in [-0.1, -0.05) is 24.3 Å². The van der Waals surface area contributed by atoms with Gasteiger partial charge in [0.2, 0.25) is 29.4 Å². The zero-order valence-corrected chi connectivity index (χ0v) is 39.6. The zero-order valence-electron chi connectivity index (χ0n) is 39.6. The van der Waals surface area contributed by atoms with Gasteiger partial charge in [0, 0.05) is 104 Å². The number of carbonyl (C=O) groups excluding carboxylic acids is 8. The highest BCUT2D eigenvalue weighted by molar-refractivity contribution is 6.06. The van der Waals surface area contributed by atoms with E-state index >= 15 is 0 Å². The molecule has 8 amide bonds. The Morgan fingerprint density at radius 1 is 0.557 bits per heavy atom. The van der Waals surface area contributed by atoms with Crippen molar-refractivity contribution in [3.63, 3.8) is 0 Å². The van der Waals surface area contributed by atoms with Crippen LogP contribution in [0.2, 0.25) is 0 Å². The summed E-state index contributed by atoms with van der Waals surface area (Å²) < 4.78 is 5.83. The predicted molar refractivity (Wildman–Crippen MR) is 259 cm³/mol. The van der Waals surface area contributed by atoms with E-state index in [2.05, 4.69) is 57.5 Å². The van der Waals surface area contributed by atoms with Crippen LogP contribution in [0, 0.1) is 0 Å². The summed E-state index contributed by atoms with van der Waals surface area (Å²) in [5.74, 6) is -3.24. The maximum absolute atomic E-state index is 13.2. The number of hydrogen-bond acceptors (Lipinski definition) is 12. The van der Waals surface area contributed by atoms with Crippen LogP contribution in [-0.2, 0) is 42.6 Å². The molecule has 0 spiro atoms. The number of rotatable bonds is 22. The van der Waals surface area contributed by atoms with Crippen LogP contribution in [0.5, 0.6) is 0 Å². The van der Waals surface area contributed by atoms with Gasteiger partial charge in [-0.05, 0) is 56.7 Å². The molecule has 0 unspecified atom stereocenters. The molecular formula is C46H56N16O8. The molecule has 0 atom stereocenters. The summed E-state index contributed by atoms with van der Waals surface area (Å²) in [6, 6.07) is 13.7. The van der Waals surface area contributed by atoms with Crippen LogP contribution in [0.3, 0.4) is 0 Å². The van der Waals surface area contributed by atoms with Gasteiger partial charge in [-0.3, -0.25) is 43.3 Å². The average molecular weight is 961 g/mol. The largest absolute Gasteiger partial charge is 0.356 e. The minimum Gasteiger partial charge on any atom is -0.356 e. The van der Waals surface area contributed by atoms with Gasteiger partial charge in [0.15, 0.2) is 11.6 Å². The molecule has 24 nitrogen and oxygen atoms in total. The normalized spacial score (nSPS) is 11.0.